The lowest BCUT2D eigenvalue weighted by molar-refractivity contribution is -0.134. The van der Waals surface area contributed by atoms with Crippen LogP contribution in [0.4, 0.5) is 0 Å². The molecule has 1 amide bonds. The number of carbonyl (C=O) groups excluding carboxylic acids is 1. The van der Waals surface area contributed by atoms with Crippen LogP contribution in [0.25, 0.3) is 0 Å². The first-order valence-electron chi connectivity index (χ1n) is 5.63. The quantitative estimate of drug-likeness (QED) is 0.850. The largest absolute Gasteiger partial charge is 0.391 e. The van der Waals surface area contributed by atoms with Crippen molar-refractivity contribution in [3.8, 4) is 0 Å². The van der Waals surface area contributed by atoms with Crippen LogP contribution in [0.1, 0.15) is 18.9 Å². The second kappa shape index (κ2) is 4.97. The van der Waals surface area contributed by atoms with Crippen molar-refractivity contribution in [2.45, 2.75) is 25.9 Å². The summed E-state index contributed by atoms with van der Waals surface area (Å²) in [4.78, 5) is 13.7. The number of rotatable bonds is 2. The van der Waals surface area contributed by atoms with Crippen molar-refractivity contribution in [1.29, 1.82) is 0 Å². The van der Waals surface area contributed by atoms with E-state index in [-0.39, 0.29) is 12.0 Å². The summed E-state index contributed by atoms with van der Waals surface area (Å²) in [6.45, 7) is 3.30. The summed E-state index contributed by atoms with van der Waals surface area (Å²) in [6.07, 6.45) is 1.00. The van der Waals surface area contributed by atoms with Gasteiger partial charge in [-0.15, -0.1) is 0 Å². The highest BCUT2D eigenvalue weighted by Gasteiger charge is 2.27. The molecule has 3 nitrogen and oxygen atoms in total. The smallest absolute Gasteiger partial charge is 0.227 e. The highest BCUT2D eigenvalue weighted by molar-refractivity contribution is 7.07. The van der Waals surface area contributed by atoms with Gasteiger partial charge in [-0.05, 0) is 34.7 Å². The van der Waals surface area contributed by atoms with Crippen molar-refractivity contribution < 1.29 is 9.90 Å². The van der Waals surface area contributed by atoms with Crippen molar-refractivity contribution in [3.05, 3.63) is 22.4 Å². The molecule has 1 aliphatic heterocycles. The number of hydrogen-bond acceptors (Lipinski definition) is 3. The number of piperidine rings is 1. The van der Waals surface area contributed by atoms with Gasteiger partial charge in [-0.2, -0.15) is 11.3 Å². The standard InChI is InChI=1S/C12H17NO2S/c1-9-2-4-13(7-11(9)14)12(15)6-10-3-5-16-8-10/h3,5,8-9,11,14H,2,4,6-7H2,1H3. The first kappa shape index (κ1) is 11.6. The van der Waals surface area contributed by atoms with E-state index in [0.29, 0.717) is 18.9 Å². The van der Waals surface area contributed by atoms with Crippen molar-refractivity contribution >= 4 is 17.2 Å². The molecule has 0 spiro atoms. The molecule has 1 saturated heterocycles. The van der Waals surface area contributed by atoms with E-state index < -0.39 is 0 Å². The van der Waals surface area contributed by atoms with E-state index in [1.54, 1.807) is 16.2 Å². The number of thiophene rings is 1. The number of aliphatic hydroxyl groups is 1. The van der Waals surface area contributed by atoms with Crippen LogP contribution in [0, 0.1) is 5.92 Å². The highest BCUT2D eigenvalue weighted by Crippen LogP contribution is 2.18. The zero-order valence-corrected chi connectivity index (χ0v) is 10.2. The van der Waals surface area contributed by atoms with E-state index in [1.165, 1.54) is 0 Å². The zero-order chi connectivity index (χ0) is 11.5. The zero-order valence-electron chi connectivity index (χ0n) is 9.43. The number of β-amino-alcohol motifs (C(OH)–C–C–N with tert-alkyl or cyclic N) is 1. The molecule has 1 aliphatic rings. The fraction of sp³-hybridized carbons (Fsp3) is 0.583. The van der Waals surface area contributed by atoms with Crippen LogP contribution in [-0.4, -0.2) is 35.1 Å². The fourth-order valence-electron chi connectivity index (χ4n) is 1.96. The average Bonchev–Trinajstić information content (AvgIpc) is 2.74. The fourth-order valence-corrected chi connectivity index (χ4v) is 2.62. The lowest BCUT2D eigenvalue weighted by Crippen LogP contribution is -2.46. The van der Waals surface area contributed by atoms with Crippen molar-refractivity contribution in [2.24, 2.45) is 5.92 Å². The molecule has 88 valence electrons. The van der Waals surface area contributed by atoms with E-state index in [2.05, 4.69) is 0 Å². The van der Waals surface area contributed by atoms with Gasteiger partial charge in [-0.1, -0.05) is 6.92 Å². The van der Waals surface area contributed by atoms with E-state index in [0.717, 1.165) is 18.5 Å². The maximum Gasteiger partial charge on any atom is 0.227 e. The van der Waals surface area contributed by atoms with E-state index in [1.807, 2.05) is 23.8 Å². The monoisotopic (exact) mass is 239 g/mol. The average molecular weight is 239 g/mol. The van der Waals surface area contributed by atoms with Gasteiger partial charge in [0.15, 0.2) is 0 Å². The Morgan fingerprint density at radius 3 is 3.12 bits per heavy atom. The third-order valence-corrected chi connectivity index (χ3v) is 3.94. The highest BCUT2D eigenvalue weighted by atomic mass is 32.1. The Balaban J connectivity index is 1.90. The molecule has 1 fully saturated rings. The summed E-state index contributed by atoms with van der Waals surface area (Å²) in [6, 6.07) is 1.98. The van der Waals surface area contributed by atoms with Crippen LogP contribution in [0.5, 0.6) is 0 Å². The summed E-state index contributed by atoms with van der Waals surface area (Å²) < 4.78 is 0. The van der Waals surface area contributed by atoms with Gasteiger partial charge in [0, 0.05) is 13.1 Å². The van der Waals surface area contributed by atoms with Gasteiger partial charge < -0.3 is 10.0 Å². The third kappa shape index (κ3) is 2.62. The number of nitrogens with zero attached hydrogens (tertiary/aromatic N) is 1. The van der Waals surface area contributed by atoms with Crippen LogP contribution < -0.4 is 0 Å². The van der Waals surface area contributed by atoms with Crippen molar-refractivity contribution in [1.82, 2.24) is 4.90 Å². The normalized spacial score (nSPS) is 25.8. The minimum Gasteiger partial charge on any atom is -0.391 e. The van der Waals surface area contributed by atoms with Crippen LogP contribution >= 0.6 is 11.3 Å². The molecule has 2 unspecified atom stereocenters. The molecule has 2 atom stereocenters. The van der Waals surface area contributed by atoms with Gasteiger partial charge in [0.25, 0.3) is 0 Å². The van der Waals surface area contributed by atoms with Crippen molar-refractivity contribution in [2.75, 3.05) is 13.1 Å². The molecule has 2 heterocycles. The molecule has 0 saturated carbocycles. The Morgan fingerprint density at radius 1 is 1.69 bits per heavy atom. The lowest BCUT2D eigenvalue weighted by atomic mass is 9.96. The second-order valence-electron chi connectivity index (χ2n) is 4.48. The Hall–Kier alpha value is -0.870. The summed E-state index contributed by atoms with van der Waals surface area (Å²) in [5.74, 6) is 0.439. The van der Waals surface area contributed by atoms with Crippen LogP contribution in [0.2, 0.25) is 0 Å². The topological polar surface area (TPSA) is 40.5 Å². The number of amides is 1. The predicted octanol–water partition coefficient (Wildman–Crippen LogP) is 1.52. The van der Waals surface area contributed by atoms with E-state index >= 15 is 0 Å². The van der Waals surface area contributed by atoms with E-state index in [4.69, 9.17) is 0 Å². The Kier molecular flexibility index (Phi) is 3.61. The van der Waals surface area contributed by atoms with Crippen LogP contribution in [-0.2, 0) is 11.2 Å². The maximum atomic E-state index is 11.9. The Morgan fingerprint density at radius 2 is 2.50 bits per heavy atom. The summed E-state index contributed by atoms with van der Waals surface area (Å²) in [5.41, 5.74) is 1.07. The molecule has 1 aromatic rings. The molecule has 4 heteroatoms. The molecule has 2 rings (SSSR count). The van der Waals surface area contributed by atoms with Gasteiger partial charge in [-0.25, -0.2) is 0 Å². The summed E-state index contributed by atoms with van der Waals surface area (Å²) in [5, 5.41) is 13.7. The minimum atomic E-state index is -0.361. The molecule has 1 aromatic heterocycles. The molecular weight excluding hydrogens is 222 g/mol. The molecule has 1 N–H and O–H groups in total. The first-order chi connectivity index (χ1) is 7.66. The number of carbonyl (C=O) groups is 1. The molecule has 0 aliphatic carbocycles. The molecule has 0 aromatic carbocycles. The summed E-state index contributed by atoms with van der Waals surface area (Å²) in [7, 11) is 0. The van der Waals surface area contributed by atoms with Gasteiger partial charge in [-0.3, -0.25) is 4.79 Å². The predicted molar refractivity (Wildman–Crippen MR) is 64.4 cm³/mol. The first-order valence-corrected chi connectivity index (χ1v) is 6.58. The van der Waals surface area contributed by atoms with Crippen LogP contribution in [0.3, 0.4) is 0 Å². The molecular formula is C12H17NO2S. The molecule has 0 radical (unpaired) electrons. The van der Waals surface area contributed by atoms with Gasteiger partial charge >= 0.3 is 0 Å². The van der Waals surface area contributed by atoms with Crippen molar-refractivity contribution in [3.63, 3.8) is 0 Å². The van der Waals surface area contributed by atoms with Crippen LogP contribution in [0.15, 0.2) is 16.8 Å². The Labute approximate surface area is 99.7 Å². The molecule has 16 heavy (non-hydrogen) atoms. The second-order valence-corrected chi connectivity index (χ2v) is 5.26. The number of aliphatic hydroxyl groups excluding tert-OH is 1. The van der Waals surface area contributed by atoms with E-state index in [9.17, 15) is 9.90 Å². The Bertz CT molecular complexity index is 350. The molecule has 0 bridgehead atoms. The van der Waals surface area contributed by atoms with Gasteiger partial charge in [0.1, 0.15) is 0 Å². The third-order valence-electron chi connectivity index (χ3n) is 3.21. The number of hydrogen-bond donors (Lipinski definition) is 1. The summed E-state index contributed by atoms with van der Waals surface area (Å²) >= 11 is 1.61. The van der Waals surface area contributed by atoms with Gasteiger partial charge in [0.05, 0.1) is 12.5 Å². The number of likely N-dealkylation sites (tertiary alicyclic amines) is 1. The van der Waals surface area contributed by atoms with Gasteiger partial charge in [0.2, 0.25) is 5.91 Å². The SMILES string of the molecule is CC1CCN(C(=O)Cc2ccsc2)CC1O. The maximum absolute atomic E-state index is 11.9. The minimum absolute atomic E-state index is 0.129. The lowest BCUT2D eigenvalue weighted by Gasteiger charge is -2.34.